The van der Waals surface area contributed by atoms with Crippen LogP contribution in [0.15, 0.2) is 64.9 Å². The highest BCUT2D eigenvalue weighted by molar-refractivity contribution is 7.15. The van der Waals surface area contributed by atoms with Crippen molar-refractivity contribution in [2.45, 2.75) is 13.0 Å². The molecule has 0 spiro atoms. The van der Waals surface area contributed by atoms with Crippen LogP contribution in [-0.4, -0.2) is 63.7 Å². The van der Waals surface area contributed by atoms with Crippen molar-refractivity contribution in [1.82, 2.24) is 24.5 Å². The Morgan fingerprint density at radius 3 is 2.62 bits per heavy atom. The summed E-state index contributed by atoms with van der Waals surface area (Å²) in [5.41, 5.74) is 1.28. The molecule has 0 bridgehead atoms. The molecule has 0 unspecified atom stereocenters. The van der Waals surface area contributed by atoms with E-state index >= 15 is 0 Å². The van der Waals surface area contributed by atoms with Crippen molar-refractivity contribution in [3.8, 4) is 0 Å². The number of nitrogens with one attached hydrogen (secondary N) is 1. The third-order valence-electron chi connectivity index (χ3n) is 6.10. The van der Waals surface area contributed by atoms with Gasteiger partial charge in [0.25, 0.3) is 11.5 Å². The normalized spacial score (nSPS) is 14.5. The molecule has 1 N–H and O–H groups in total. The number of hydrogen-bond acceptors (Lipinski definition) is 6. The molecule has 0 saturated carbocycles. The first-order valence-corrected chi connectivity index (χ1v) is 12.2. The van der Waals surface area contributed by atoms with Crippen molar-refractivity contribution in [2.24, 2.45) is 0 Å². The van der Waals surface area contributed by atoms with Crippen LogP contribution in [0, 0.1) is 0 Å². The van der Waals surface area contributed by atoms with Crippen LogP contribution >= 0.6 is 11.3 Å². The van der Waals surface area contributed by atoms with Gasteiger partial charge in [0, 0.05) is 68.9 Å². The van der Waals surface area contributed by atoms with Gasteiger partial charge in [0.05, 0.1) is 5.69 Å². The van der Waals surface area contributed by atoms with Crippen LogP contribution in [0.3, 0.4) is 0 Å². The van der Waals surface area contributed by atoms with Gasteiger partial charge in [-0.25, -0.2) is 4.98 Å². The zero-order valence-electron chi connectivity index (χ0n) is 18.6. The van der Waals surface area contributed by atoms with Crippen molar-refractivity contribution >= 4 is 38.9 Å². The lowest BCUT2D eigenvalue weighted by molar-refractivity contribution is -0.132. The van der Waals surface area contributed by atoms with Crippen molar-refractivity contribution in [3.05, 3.63) is 81.7 Å². The molecule has 3 heterocycles. The fourth-order valence-electron chi connectivity index (χ4n) is 4.23. The molecule has 1 fully saturated rings. The number of rotatable bonds is 6. The summed E-state index contributed by atoms with van der Waals surface area (Å²) in [6.07, 6.45) is 2.00. The van der Waals surface area contributed by atoms with Gasteiger partial charge in [-0.05, 0) is 22.9 Å². The summed E-state index contributed by atoms with van der Waals surface area (Å²) in [4.78, 5) is 46.6. The van der Waals surface area contributed by atoms with E-state index in [4.69, 9.17) is 0 Å². The molecule has 1 saturated heterocycles. The molecule has 0 atom stereocenters. The maximum Gasteiger partial charge on any atom is 0.258 e. The molecule has 2 aromatic heterocycles. The highest BCUT2D eigenvalue weighted by atomic mass is 32.1. The highest BCUT2D eigenvalue weighted by Gasteiger charge is 2.21. The quantitative estimate of drug-likeness (QED) is 0.463. The van der Waals surface area contributed by atoms with Gasteiger partial charge >= 0.3 is 0 Å². The van der Waals surface area contributed by atoms with Crippen LogP contribution in [0.1, 0.15) is 22.5 Å². The lowest BCUT2D eigenvalue weighted by Gasteiger charge is -2.34. The van der Waals surface area contributed by atoms with E-state index in [9.17, 15) is 14.4 Å². The molecule has 5 rings (SSSR count). The molecule has 1 aliphatic heterocycles. The number of carbonyl (C=O) groups excluding carboxylic acids is 2. The molecule has 8 nitrogen and oxygen atoms in total. The molecular formula is C25H25N5O3S. The van der Waals surface area contributed by atoms with Crippen LogP contribution in [0.5, 0.6) is 0 Å². The number of aromatic nitrogens is 2. The van der Waals surface area contributed by atoms with E-state index in [0.717, 1.165) is 29.6 Å². The molecule has 4 aromatic rings. The number of carbonyl (C=O) groups is 2. The SMILES string of the molecule is O=C(NCCC(=O)N1CCN(Cc2cc(=O)n3ccsc3n2)CC1)c1ccc2ccccc2c1. The lowest BCUT2D eigenvalue weighted by Crippen LogP contribution is -2.49. The smallest absolute Gasteiger partial charge is 0.258 e. The number of piperazine rings is 1. The summed E-state index contributed by atoms with van der Waals surface area (Å²) in [6.45, 7) is 3.59. The Hall–Kier alpha value is -3.56. The van der Waals surface area contributed by atoms with Gasteiger partial charge in [-0.2, -0.15) is 0 Å². The Labute approximate surface area is 200 Å². The predicted molar refractivity (Wildman–Crippen MR) is 132 cm³/mol. The Morgan fingerprint density at radius 2 is 1.79 bits per heavy atom. The number of benzene rings is 2. The van der Waals surface area contributed by atoms with E-state index in [0.29, 0.717) is 36.7 Å². The zero-order valence-corrected chi connectivity index (χ0v) is 19.5. The van der Waals surface area contributed by atoms with Crippen molar-refractivity contribution in [1.29, 1.82) is 0 Å². The first kappa shape index (κ1) is 22.2. The summed E-state index contributed by atoms with van der Waals surface area (Å²) in [5, 5.41) is 6.81. The summed E-state index contributed by atoms with van der Waals surface area (Å²) in [5.74, 6) is -0.135. The van der Waals surface area contributed by atoms with Gasteiger partial charge in [0.2, 0.25) is 5.91 Å². The standard InChI is InChI=1S/C25H25N5O3S/c31-22(7-8-26-24(33)20-6-5-18-3-1-2-4-19(18)15-20)29-11-9-28(10-12-29)17-21-16-23(32)30-13-14-34-25(30)27-21/h1-6,13-16H,7-12,17H2,(H,26,33). The van der Waals surface area contributed by atoms with Gasteiger partial charge in [-0.15, -0.1) is 11.3 Å². The lowest BCUT2D eigenvalue weighted by atomic mass is 10.1. The van der Waals surface area contributed by atoms with E-state index in [1.165, 1.54) is 11.3 Å². The van der Waals surface area contributed by atoms with Crippen LogP contribution in [0.4, 0.5) is 0 Å². The van der Waals surface area contributed by atoms with Gasteiger partial charge in [0.1, 0.15) is 0 Å². The van der Waals surface area contributed by atoms with E-state index in [2.05, 4.69) is 15.2 Å². The van der Waals surface area contributed by atoms with Gasteiger partial charge in [-0.3, -0.25) is 23.7 Å². The average Bonchev–Trinajstić information content (AvgIpc) is 3.33. The minimum absolute atomic E-state index is 0.0369. The Morgan fingerprint density at radius 1 is 1.00 bits per heavy atom. The second-order valence-corrected chi connectivity index (χ2v) is 9.24. The van der Waals surface area contributed by atoms with Gasteiger partial charge in [-0.1, -0.05) is 30.3 Å². The fraction of sp³-hybridized carbons (Fsp3) is 0.280. The highest BCUT2D eigenvalue weighted by Crippen LogP contribution is 2.15. The minimum atomic E-state index is -0.172. The third kappa shape index (κ3) is 4.85. The maximum absolute atomic E-state index is 12.6. The van der Waals surface area contributed by atoms with E-state index in [1.807, 2.05) is 46.7 Å². The van der Waals surface area contributed by atoms with Gasteiger partial charge in [0.15, 0.2) is 4.96 Å². The van der Waals surface area contributed by atoms with E-state index in [1.54, 1.807) is 22.7 Å². The molecule has 174 valence electrons. The van der Waals surface area contributed by atoms with Crippen LogP contribution in [0.25, 0.3) is 15.7 Å². The Balaban J connectivity index is 1.08. The maximum atomic E-state index is 12.6. The van der Waals surface area contributed by atoms with Crippen LogP contribution in [-0.2, 0) is 11.3 Å². The second-order valence-electron chi connectivity index (χ2n) is 8.37. The molecule has 2 amide bonds. The topological polar surface area (TPSA) is 87.0 Å². The summed E-state index contributed by atoms with van der Waals surface area (Å²) in [7, 11) is 0. The van der Waals surface area contributed by atoms with Crippen molar-refractivity contribution < 1.29 is 9.59 Å². The Bertz CT molecular complexity index is 1400. The van der Waals surface area contributed by atoms with Gasteiger partial charge < -0.3 is 10.2 Å². The fourth-order valence-corrected chi connectivity index (χ4v) is 4.97. The second kappa shape index (κ2) is 9.74. The molecular weight excluding hydrogens is 450 g/mol. The van der Waals surface area contributed by atoms with Crippen molar-refractivity contribution in [3.63, 3.8) is 0 Å². The van der Waals surface area contributed by atoms with E-state index in [-0.39, 0.29) is 23.8 Å². The van der Waals surface area contributed by atoms with Crippen molar-refractivity contribution in [2.75, 3.05) is 32.7 Å². The first-order valence-electron chi connectivity index (χ1n) is 11.3. The van der Waals surface area contributed by atoms with E-state index < -0.39 is 0 Å². The summed E-state index contributed by atoms with van der Waals surface area (Å²) < 4.78 is 1.55. The molecule has 34 heavy (non-hydrogen) atoms. The number of fused-ring (bicyclic) bond motifs is 2. The molecule has 9 heteroatoms. The molecule has 2 aromatic carbocycles. The number of nitrogens with zero attached hydrogens (tertiary/aromatic N) is 4. The molecule has 1 aliphatic rings. The average molecular weight is 476 g/mol. The van der Waals surface area contributed by atoms with Crippen LogP contribution in [0.2, 0.25) is 0 Å². The largest absolute Gasteiger partial charge is 0.352 e. The Kier molecular flexibility index (Phi) is 6.37. The third-order valence-corrected chi connectivity index (χ3v) is 6.86. The number of hydrogen-bond donors (Lipinski definition) is 1. The summed E-state index contributed by atoms with van der Waals surface area (Å²) in [6, 6.07) is 15.1. The number of thiazole rings is 1. The van der Waals surface area contributed by atoms with Crippen LogP contribution < -0.4 is 10.9 Å². The number of amides is 2. The monoisotopic (exact) mass is 475 g/mol. The summed E-state index contributed by atoms with van der Waals surface area (Å²) >= 11 is 1.44. The minimum Gasteiger partial charge on any atom is -0.352 e. The zero-order chi connectivity index (χ0) is 23.5. The molecule has 0 aliphatic carbocycles. The predicted octanol–water partition coefficient (Wildman–Crippen LogP) is 2.37. The molecule has 0 radical (unpaired) electrons. The first-order chi connectivity index (χ1) is 16.6.